The summed E-state index contributed by atoms with van der Waals surface area (Å²) < 4.78 is 3.97. The molecule has 5 heteroatoms. The van der Waals surface area contributed by atoms with Crippen LogP contribution in [-0.4, -0.2) is 21.9 Å². The van der Waals surface area contributed by atoms with Crippen molar-refractivity contribution in [3.63, 3.8) is 0 Å². The van der Waals surface area contributed by atoms with Gasteiger partial charge in [0.25, 0.3) is 0 Å². The van der Waals surface area contributed by atoms with Gasteiger partial charge >= 0.3 is 0 Å². The highest BCUT2D eigenvalue weighted by molar-refractivity contribution is 7.09. The van der Waals surface area contributed by atoms with Crippen molar-refractivity contribution in [3.8, 4) is 0 Å². The first kappa shape index (κ1) is 10.2. The van der Waals surface area contributed by atoms with E-state index in [2.05, 4.69) is 35.0 Å². The lowest BCUT2D eigenvalue weighted by atomic mass is 10.2. The van der Waals surface area contributed by atoms with Crippen molar-refractivity contribution in [2.75, 3.05) is 17.2 Å². The van der Waals surface area contributed by atoms with E-state index in [0.29, 0.717) is 12.0 Å². The highest BCUT2D eigenvalue weighted by Gasteiger charge is 2.14. The molecule has 0 aromatic carbocycles. The van der Waals surface area contributed by atoms with Crippen LogP contribution in [0.3, 0.4) is 0 Å². The highest BCUT2D eigenvalue weighted by atomic mass is 32.1. The molecule has 1 heterocycles. The molecule has 0 aliphatic carbocycles. The predicted octanol–water partition coefficient (Wildman–Crippen LogP) is 1.75. The molecule has 0 saturated carbocycles. The Labute approximate surface area is 82.9 Å². The summed E-state index contributed by atoms with van der Waals surface area (Å²) in [6, 6.07) is 0.498. The first-order valence-corrected chi connectivity index (χ1v) is 5.32. The third-order valence-corrected chi connectivity index (χ3v) is 2.91. The summed E-state index contributed by atoms with van der Waals surface area (Å²) >= 11 is 1.37. The predicted molar refractivity (Wildman–Crippen MR) is 57.1 cm³/mol. The van der Waals surface area contributed by atoms with Crippen LogP contribution in [0.1, 0.15) is 27.2 Å². The van der Waals surface area contributed by atoms with E-state index in [0.717, 1.165) is 18.1 Å². The minimum atomic E-state index is 0.377. The molecule has 0 radical (unpaired) electrons. The molecule has 0 saturated heterocycles. The first-order valence-electron chi connectivity index (χ1n) is 4.54. The number of nitrogens with zero attached hydrogens (tertiary/aromatic N) is 3. The van der Waals surface area contributed by atoms with E-state index in [1.807, 2.05) is 0 Å². The lowest BCUT2D eigenvalue weighted by molar-refractivity contribution is 0.628. The lowest BCUT2D eigenvalue weighted by Gasteiger charge is -2.25. The Balaban J connectivity index is 2.77. The average Bonchev–Trinajstić information content (AvgIpc) is 2.53. The second-order valence-electron chi connectivity index (χ2n) is 2.98. The number of nitrogen functional groups attached to an aromatic ring is 1. The van der Waals surface area contributed by atoms with Gasteiger partial charge in [-0.15, -0.1) is 0 Å². The Morgan fingerprint density at radius 2 is 2.23 bits per heavy atom. The zero-order valence-electron chi connectivity index (χ0n) is 8.32. The molecule has 0 amide bonds. The summed E-state index contributed by atoms with van der Waals surface area (Å²) in [5.74, 6) is 0.377. The Kier molecular flexibility index (Phi) is 3.48. The van der Waals surface area contributed by atoms with Gasteiger partial charge < -0.3 is 10.6 Å². The fourth-order valence-electron chi connectivity index (χ4n) is 1.20. The van der Waals surface area contributed by atoms with Gasteiger partial charge in [0.15, 0.2) is 0 Å². The maximum atomic E-state index is 5.47. The van der Waals surface area contributed by atoms with E-state index in [9.17, 15) is 0 Å². The molecular weight excluding hydrogens is 184 g/mol. The van der Waals surface area contributed by atoms with E-state index in [1.54, 1.807) is 0 Å². The molecule has 2 N–H and O–H groups in total. The van der Waals surface area contributed by atoms with Crippen LogP contribution in [0.5, 0.6) is 0 Å². The zero-order valence-corrected chi connectivity index (χ0v) is 9.14. The molecule has 13 heavy (non-hydrogen) atoms. The number of hydrogen-bond acceptors (Lipinski definition) is 5. The maximum Gasteiger partial charge on any atom is 0.233 e. The molecule has 0 bridgehead atoms. The third-order valence-electron chi connectivity index (χ3n) is 2.14. The second kappa shape index (κ2) is 4.41. The third kappa shape index (κ3) is 2.30. The van der Waals surface area contributed by atoms with Crippen molar-refractivity contribution in [2.45, 2.75) is 33.2 Å². The van der Waals surface area contributed by atoms with Gasteiger partial charge in [0, 0.05) is 24.1 Å². The average molecular weight is 200 g/mol. The van der Waals surface area contributed by atoms with Crippen LogP contribution >= 0.6 is 11.5 Å². The molecule has 0 aliphatic rings. The standard InChI is InChI=1S/C8H16N4S/c1-4-6(3)12(5-2)8-10-7(9)11-13-8/h6H,4-5H2,1-3H3,(H2,9,11). The molecule has 0 fully saturated rings. The fraction of sp³-hybridized carbons (Fsp3) is 0.750. The molecule has 0 spiro atoms. The number of anilines is 2. The van der Waals surface area contributed by atoms with Crippen molar-refractivity contribution < 1.29 is 0 Å². The molecule has 1 rings (SSSR count). The van der Waals surface area contributed by atoms with Crippen molar-refractivity contribution in [3.05, 3.63) is 0 Å². The summed E-state index contributed by atoms with van der Waals surface area (Å²) in [6.45, 7) is 7.41. The van der Waals surface area contributed by atoms with Gasteiger partial charge in [-0.25, -0.2) is 0 Å². The zero-order chi connectivity index (χ0) is 9.84. The van der Waals surface area contributed by atoms with E-state index in [4.69, 9.17) is 5.73 Å². The smallest absolute Gasteiger partial charge is 0.233 e. The molecule has 74 valence electrons. The van der Waals surface area contributed by atoms with Gasteiger partial charge in [0.2, 0.25) is 11.1 Å². The van der Waals surface area contributed by atoms with Gasteiger partial charge in [0.1, 0.15) is 0 Å². The summed E-state index contributed by atoms with van der Waals surface area (Å²) in [7, 11) is 0. The maximum absolute atomic E-state index is 5.47. The van der Waals surface area contributed by atoms with E-state index in [-0.39, 0.29) is 0 Å². The van der Waals surface area contributed by atoms with E-state index < -0.39 is 0 Å². The summed E-state index contributed by atoms with van der Waals surface area (Å²) in [5.41, 5.74) is 5.47. The molecule has 1 unspecified atom stereocenters. The van der Waals surface area contributed by atoms with Crippen LogP contribution in [0.25, 0.3) is 0 Å². The lowest BCUT2D eigenvalue weighted by Crippen LogP contribution is -2.32. The van der Waals surface area contributed by atoms with Gasteiger partial charge in [-0.2, -0.15) is 9.36 Å². The molecule has 4 nitrogen and oxygen atoms in total. The SMILES string of the molecule is CCC(C)N(CC)c1nc(N)ns1. The topological polar surface area (TPSA) is 55.0 Å². The van der Waals surface area contributed by atoms with Crippen LogP contribution in [0, 0.1) is 0 Å². The summed E-state index contributed by atoms with van der Waals surface area (Å²) in [4.78, 5) is 6.38. The molecular formula is C8H16N4S. The number of hydrogen-bond donors (Lipinski definition) is 1. The van der Waals surface area contributed by atoms with Gasteiger partial charge in [-0.05, 0) is 20.3 Å². The largest absolute Gasteiger partial charge is 0.367 e. The van der Waals surface area contributed by atoms with E-state index in [1.165, 1.54) is 11.5 Å². The molecule has 1 aromatic rings. The number of aromatic nitrogens is 2. The van der Waals surface area contributed by atoms with Crippen LogP contribution in [0.15, 0.2) is 0 Å². The van der Waals surface area contributed by atoms with Crippen LogP contribution in [0.4, 0.5) is 11.1 Å². The highest BCUT2D eigenvalue weighted by Crippen LogP contribution is 2.21. The Bertz CT molecular complexity index is 260. The van der Waals surface area contributed by atoms with Crippen molar-refractivity contribution in [2.24, 2.45) is 0 Å². The van der Waals surface area contributed by atoms with Gasteiger partial charge in [0.05, 0.1) is 0 Å². The molecule has 1 atom stereocenters. The quantitative estimate of drug-likeness (QED) is 0.804. The number of rotatable bonds is 4. The summed E-state index contributed by atoms with van der Waals surface area (Å²) in [5, 5.41) is 0.925. The van der Waals surface area contributed by atoms with Crippen molar-refractivity contribution in [1.82, 2.24) is 9.36 Å². The Hall–Kier alpha value is -0.840. The Morgan fingerprint density at radius 3 is 2.62 bits per heavy atom. The minimum Gasteiger partial charge on any atom is -0.367 e. The monoisotopic (exact) mass is 200 g/mol. The van der Waals surface area contributed by atoms with Crippen LogP contribution in [0.2, 0.25) is 0 Å². The Morgan fingerprint density at radius 1 is 1.54 bits per heavy atom. The van der Waals surface area contributed by atoms with Crippen molar-refractivity contribution in [1.29, 1.82) is 0 Å². The minimum absolute atomic E-state index is 0.377. The van der Waals surface area contributed by atoms with Crippen LogP contribution in [-0.2, 0) is 0 Å². The molecule has 0 aliphatic heterocycles. The number of nitrogens with two attached hydrogens (primary N) is 1. The fourth-order valence-corrected chi connectivity index (χ4v) is 1.96. The van der Waals surface area contributed by atoms with E-state index >= 15 is 0 Å². The first-order chi connectivity index (χ1) is 6.19. The second-order valence-corrected chi connectivity index (χ2v) is 3.71. The van der Waals surface area contributed by atoms with Gasteiger partial charge in [-0.1, -0.05) is 6.92 Å². The molecule has 1 aromatic heterocycles. The summed E-state index contributed by atoms with van der Waals surface area (Å²) in [6.07, 6.45) is 1.10. The van der Waals surface area contributed by atoms with Gasteiger partial charge in [-0.3, -0.25) is 0 Å². The van der Waals surface area contributed by atoms with Crippen LogP contribution < -0.4 is 10.6 Å². The van der Waals surface area contributed by atoms with Crippen molar-refractivity contribution >= 4 is 22.6 Å². The normalized spacial score (nSPS) is 12.8.